The lowest BCUT2D eigenvalue weighted by Crippen LogP contribution is -2.54. The summed E-state index contributed by atoms with van der Waals surface area (Å²) in [7, 11) is 0. The van der Waals surface area contributed by atoms with Crippen LogP contribution in [0.5, 0.6) is 0 Å². The molecule has 1 N–H and O–H groups in total. The molecule has 1 rings (SSSR count). The van der Waals surface area contributed by atoms with Gasteiger partial charge in [-0.15, -0.1) is 0 Å². The number of hydrogen-bond acceptors (Lipinski definition) is 2. The molecule has 0 aliphatic carbocycles. The molecule has 0 heterocycles. The van der Waals surface area contributed by atoms with Crippen molar-refractivity contribution in [3.05, 3.63) is 35.4 Å². The topological polar surface area (TPSA) is 23.5 Å². The Kier molecular flexibility index (Phi) is 6.89. The van der Waals surface area contributed by atoms with Crippen molar-refractivity contribution >= 4 is 0 Å². The van der Waals surface area contributed by atoms with E-state index in [1.807, 2.05) is 0 Å². The molecular formula is C19H33NO. The van der Waals surface area contributed by atoms with Crippen LogP contribution in [0.1, 0.15) is 65.0 Å². The van der Waals surface area contributed by atoms with Crippen LogP contribution in [0.4, 0.5) is 0 Å². The van der Waals surface area contributed by atoms with Crippen molar-refractivity contribution in [2.45, 2.75) is 71.9 Å². The molecule has 0 spiro atoms. The second-order valence-electron chi connectivity index (χ2n) is 6.50. The van der Waals surface area contributed by atoms with E-state index in [1.165, 1.54) is 11.1 Å². The van der Waals surface area contributed by atoms with E-state index in [1.54, 1.807) is 0 Å². The molecule has 0 aliphatic rings. The van der Waals surface area contributed by atoms with E-state index in [9.17, 15) is 5.11 Å². The maximum Gasteiger partial charge on any atom is 0.0761 e. The van der Waals surface area contributed by atoms with Crippen LogP contribution < -0.4 is 0 Å². The predicted octanol–water partition coefficient (Wildman–Crippen LogP) is 4.22. The minimum absolute atomic E-state index is 0.153. The number of likely N-dealkylation sites (N-methyl/N-ethyl adjacent to an activating group) is 1. The van der Waals surface area contributed by atoms with Gasteiger partial charge in [0.25, 0.3) is 0 Å². The van der Waals surface area contributed by atoms with E-state index in [0.717, 1.165) is 25.9 Å². The molecule has 2 heteroatoms. The average Bonchev–Trinajstić information content (AvgIpc) is 2.48. The van der Waals surface area contributed by atoms with Gasteiger partial charge >= 0.3 is 0 Å². The van der Waals surface area contributed by atoms with Gasteiger partial charge in [0, 0.05) is 12.0 Å². The van der Waals surface area contributed by atoms with Gasteiger partial charge < -0.3 is 5.11 Å². The second kappa shape index (κ2) is 7.95. The van der Waals surface area contributed by atoms with Crippen molar-refractivity contribution in [2.75, 3.05) is 13.1 Å². The van der Waals surface area contributed by atoms with Gasteiger partial charge in [-0.05, 0) is 43.5 Å². The van der Waals surface area contributed by atoms with Crippen molar-refractivity contribution in [2.24, 2.45) is 0 Å². The Labute approximate surface area is 131 Å². The van der Waals surface area contributed by atoms with Crippen LogP contribution in [0.25, 0.3) is 0 Å². The number of rotatable bonds is 8. The molecule has 0 fully saturated rings. The summed E-state index contributed by atoms with van der Waals surface area (Å²) in [6.07, 6.45) is 1.34. The van der Waals surface area contributed by atoms with Crippen LogP contribution in [0, 0.1) is 0 Å². The number of benzene rings is 1. The van der Waals surface area contributed by atoms with Crippen LogP contribution in [-0.2, 0) is 6.42 Å². The molecule has 2 unspecified atom stereocenters. The van der Waals surface area contributed by atoms with Gasteiger partial charge in [-0.2, -0.15) is 0 Å². The zero-order chi connectivity index (χ0) is 16.0. The first-order chi connectivity index (χ1) is 9.88. The Hall–Kier alpha value is -0.860. The largest absolute Gasteiger partial charge is 0.391 e. The molecule has 0 amide bonds. The maximum atomic E-state index is 10.8. The van der Waals surface area contributed by atoms with Gasteiger partial charge in [0.1, 0.15) is 0 Å². The van der Waals surface area contributed by atoms with Gasteiger partial charge in [0.2, 0.25) is 0 Å². The molecule has 0 saturated heterocycles. The minimum atomic E-state index is -0.340. The molecule has 0 aliphatic heterocycles. The van der Waals surface area contributed by atoms with E-state index >= 15 is 0 Å². The molecule has 0 saturated carbocycles. The van der Waals surface area contributed by atoms with Gasteiger partial charge in [0.15, 0.2) is 0 Å². The summed E-state index contributed by atoms with van der Waals surface area (Å²) in [5.41, 5.74) is 2.43. The average molecular weight is 291 g/mol. The van der Waals surface area contributed by atoms with Crippen molar-refractivity contribution in [1.29, 1.82) is 0 Å². The molecule has 2 atom stereocenters. The Morgan fingerprint density at radius 1 is 1.05 bits per heavy atom. The first kappa shape index (κ1) is 18.2. The van der Waals surface area contributed by atoms with Crippen LogP contribution in [-0.4, -0.2) is 34.7 Å². The summed E-state index contributed by atoms with van der Waals surface area (Å²) in [4.78, 5) is 2.38. The predicted molar refractivity (Wildman–Crippen MR) is 91.9 cm³/mol. The Morgan fingerprint density at radius 3 is 1.95 bits per heavy atom. The number of aliphatic hydroxyl groups is 1. The molecule has 0 aromatic heterocycles. The van der Waals surface area contributed by atoms with Gasteiger partial charge in [-0.25, -0.2) is 0 Å². The molecule has 120 valence electrons. The van der Waals surface area contributed by atoms with Crippen LogP contribution in [0.3, 0.4) is 0 Å². The number of nitrogens with zero attached hydrogens (tertiary/aromatic N) is 1. The monoisotopic (exact) mass is 291 g/mol. The van der Waals surface area contributed by atoms with Crippen molar-refractivity contribution in [3.8, 4) is 0 Å². The van der Waals surface area contributed by atoms with Crippen LogP contribution >= 0.6 is 0 Å². The summed E-state index contributed by atoms with van der Waals surface area (Å²) in [5.74, 6) is 0.556. The Morgan fingerprint density at radius 2 is 1.57 bits per heavy atom. The van der Waals surface area contributed by atoms with Gasteiger partial charge in [-0.1, -0.05) is 58.9 Å². The van der Waals surface area contributed by atoms with Crippen molar-refractivity contribution < 1.29 is 5.11 Å². The Balaban J connectivity index is 2.84. The lowest BCUT2D eigenvalue weighted by atomic mass is 9.85. The third-order valence-corrected chi connectivity index (χ3v) is 4.99. The molecule has 21 heavy (non-hydrogen) atoms. The Bertz CT molecular complexity index is 408. The number of aliphatic hydroxyl groups excluding tert-OH is 1. The SMILES string of the molecule is CCN(CC)C(C)(CC)C(O)Cc1ccc(C(C)C)cc1. The van der Waals surface area contributed by atoms with Crippen molar-refractivity contribution in [3.63, 3.8) is 0 Å². The quantitative estimate of drug-likeness (QED) is 0.775. The summed E-state index contributed by atoms with van der Waals surface area (Å²) in [5, 5.41) is 10.8. The molecule has 1 aromatic carbocycles. The highest BCUT2D eigenvalue weighted by Gasteiger charge is 2.35. The standard InChI is InChI=1S/C19H33NO/c1-7-19(6,20(8-2)9-3)18(21)14-16-10-12-17(13-11-16)15(4)5/h10-13,15,18,21H,7-9,14H2,1-6H3. The lowest BCUT2D eigenvalue weighted by molar-refractivity contribution is -0.0190. The smallest absolute Gasteiger partial charge is 0.0761 e. The molecule has 0 bridgehead atoms. The second-order valence-corrected chi connectivity index (χ2v) is 6.50. The minimum Gasteiger partial charge on any atom is -0.391 e. The summed E-state index contributed by atoms with van der Waals surface area (Å²) < 4.78 is 0. The fourth-order valence-electron chi connectivity index (χ4n) is 3.10. The molecular weight excluding hydrogens is 258 g/mol. The zero-order valence-corrected chi connectivity index (χ0v) is 14.7. The van der Waals surface area contributed by atoms with Crippen LogP contribution in [0.2, 0.25) is 0 Å². The van der Waals surface area contributed by atoms with Crippen molar-refractivity contribution in [1.82, 2.24) is 4.90 Å². The first-order valence-corrected chi connectivity index (χ1v) is 8.40. The maximum absolute atomic E-state index is 10.8. The third-order valence-electron chi connectivity index (χ3n) is 4.99. The van der Waals surface area contributed by atoms with E-state index in [0.29, 0.717) is 5.92 Å². The molecule has 1 aromatic rings. The first-order valence-electron chi connectivity index (χ1n) is 8.40. The van der Waals surface area contributed by atoms with Gasteiger partial charge in [-0.3, -0.25) is 4.90 Å². The fraction of sp³-hybridized carbons (Fsp3) is 0.684. The van der Waals surface area contributed by atoms with E-state index in [2.05, 4.69) is 70.7 Å². The highest BCUT2D eigenvalue weighted by molar-refractivity contribution is 5.25. The van der Waals surface area contributed by atoms with E-state index in [-0.39, 0.29) is 11.6 Å². The number of hydrogen-bond donors (Lipinski definition) is 1. The highest BCUT2D eigenvalue weighted by Crippen LogP contribution is 2.26. The zero-order valence-electron chi connectivity index (χ0n) is 14.7. The van der Waals surface area contributed by atoms with Crippen LogP contribution in [0.15, 0.2) is 24.3 Å². The van der Waals surface area contributed by atoms with Gasteiger partial charge in [0.05, 0.1) is 6.10 Å². The molecule has 0 radical (unpaired) electrons. The van der Waals surface area contributed by atoms with E-state index in [4.69, 9.17) is 0 Å². The third kappa shape index (κ3) is 4.31. The molecule has 2 nitrogen and oxygen atoms in total. The normalized spacial score (nSPS) is 16.2. The van der Waals surface area contributed by atoms with E-state index < -0.39 is 0 Å². The fourth-order valence-corrected chi connectivity index (χ4v) is 3.10. The summed E-state index contributed by atoms with van der Waals surface area (Å²) in [6, 6.07) is 8.70. The lowest BCUT2D eigenvalue weighted by Gasteiger charge is -2.43. The highest BCUT2D eigenvalue weighted by atomic mass is 16.3. The summed E-state index contributed by atoms with van der Waals surface area (Å²) in [6.45, 7) is 15.1. The summed E-state index contributed by atoms with van der Waals surface area (Å²) >= 11 is 0.